The molecule has 0 spiro atoms. The number of aromatic nitrogens is 2. The molecule has 0 saturated carbocycles. The number of fused-ring (bicyclic) bond motifs is 14. The fraction of sp³-hybridized carbons (Fsp3) is 0. The van der Waals surface area contributed by atoms with Gasteiger partial charge in [0.05, 0.1) is 55.0 Å². The molecule has 74 heavy (non-hydrogen) atoms. The van der Waals surface area contributed by atoms with Gasteiger partial charge in [0.2, 0.25) is 5.69 Å². The van der Waals surface area contributed by atoms with Gasteiger partial charge in [-0.1, -0.05) is 200 Å². The second-order valence-corrected chi connectivity index (χ2v) is 20.9. The van der Waals surface area contributed by atoms with Crippen molar-refractivity contribution in [3.05, 3.63) is 248 Å². The summed E-state index contributed by atoms with van der Waals surface area (Å²) in [4.78, 5) is 4.62. The van der Waals surface area contributed by atoms with Crippen LogP contribution in [0, 0.1) is 17.9 Å². The van der Waals surface area contributed by atoms with E-state index < -0.39 is 0 Å². The van der Waals surface area contributed by atoms with Crippen LogP contribution in [0.1, 0.15) is 5.56 Å². The molecule has 4 heterocycles. The topological polar surface area (TPSA) is 38.0 Å². The fourth-order valence-corrected chi connectivity index (χ4v) is 14.4. The normalized spacial score (nSPS) is 11.8. The Labute approximate surface area is 433 Å². The molecule has 4 aromatic heterocycles. The lowest BCUT2D eigenvalue weighted by molar-refractivity contribution is 1.14. The zero-order chi connectivity index (χ0) is 49.0. The van der Waals surface area contributed by atoms with E-state index in [4.69, 9.17) is 0 Å². The minimum Gasteiger partial charge on any atom is -0.318 e. The molecular weight excluding hydrogens is 937 g/mol. The molecule has 4 nitrogen and oxygen atoms in total. The first-order chi connectivity index (χ1) is 36.7. The molecule has 0 aliphatic heterocycles. The smallest absolute Gasteiger partial charge is 0.220 e. The van der Waals surface area contributed by atoms with Crippen molar-refractivity contribution in [2.24, 2.45) is 0 Å². The van der Waals surface area contributed by atoms with Crippen LogP contribution in [0.15, 0.2) is 231 Å². The summed E-state index contributed by atoms with van der Waals surface area (Å²) in [5, 5.41) is 21.4. The number of nitrogens with zero attached hydrogens (tertiary/aromatic N) is 4. The maximum absolute atomic E-state index is 12.3. The molecule has 6 heteroatoms. The van der Waals surface area contributed by atoms with Crippen molar-refractivity contribution >= 4 is 112 Å². The van der Waals surface area contributed by atoms with Crippen molar-refractivity contribution in [1.29, 1.82) is 5.26 Å². The summed E-state index contributed by atoms with van der Waals surface area (Å²) in [7, 11) is 0. The minimum absolute atomic E-state index is 0.410. The van der Waals surface area contributed by atoms with Gasteiger partial charge in [0, 0.05) is 63.6 Å². The number of benzene rings is 11. The molecule has 0 N–H and O–H groups in total. The van der Waals surface area contributed by atoms with Gasteiger partial charge in [-0.2, -0.15) is 5.26 Å². The summed E-state index contributed by atoms with van der Waals surface area (Å²) in [6, 6.07) is 84.4. The number of rotatable bonds is 6. The van der Waals surface area contributed by atoms with Crippen molar-refractivity contribution in [2.45, 2.75) is 0 Å². The van der Waals surface area contributed by atoms with Crippen molar-refractivity contribution in [1.82, 2.24) is 9.13 Å². The first-order valence-corrected chi connectivity index (χ1v) is 26.3. The molecule has 0 aliphatic carbocycles. The van der Waals surface area contributed by atoms with Crippen LogP contribution in [0.25, 0.3) is 145 Å². The quantitative estimate of drug-likeness (QED) is 0.153. The van der Waals surface area contributed by atoms with Crippen LogP contribution in [0.3, 0.4) is 0 Å². The highest BCUT2D eigenvalue weighted by molar-refractivity contribution is 7.27. The summed E-state index contributed by atoms with van der Waals surface area (Å²) >= 11 is 3.61. The van der Waals surface area contributed by atoms with E-state index in [0.29, 0.717) is 16.8 Å². The molecule has 0 bridgehead atoms. The first kappa shape index (κ1) is 42.2. The molecule has 15 rings (SSSR count). The van der Waals surface area contributed by atoms with Gasteiger partial charge < -0.3 is 9.13 Å². The lowest BCUT2D eigenvalue weighted by Crippen LogP contribution is -2.09. The highest BCUT2D eigenvalue weighted by atomic mass is 32.1. The first-order valence-electron chi connectivity index (χ1n) is 24.7. The SMILES string of the molecule is [C-]#[N+]c1c(-c2ccccc2)c(C#N)c(-n2c3c(ccc4c5ccccc5sc43)c3c(-c4ccccc4)cc4c5ccccc5sc4c32)c(-c2ccccc2)c1-n1c2ccccc2c2c(-c3ccccc3)cccc21. The van der Waals surface area contributed by atoms with E-state index >= 15 is 0 Å². The van der Waals surface area contributed by atoms with Crippen molar-refractivity contribution < 1.29 is 0 Å². The average Bonchev–Trinajstić information content (AvgIpc) is 4.32. The maximum atomic E-state index is 12.3. The Hall–Kier alpha value is -9.56. The molecule has 0 unspecified atom stereocenters. The van der Waals surface area contributed by atoms with Gasteiger partial charge in [-0.25, -0.2) is 4.85 Å². The number of nitriles is 1. The number of thiophene rings is 2. The van der Waals surface area contributed by atoms with E-state index in [9.17, 15) is 11.8 Å². The molecule has 0 radical (unpaired) electrons. The van der Waals surface area contributed by atoms with Gasteiger partial charge in [0.1, 0.15) is 6.07 Å². The molecule has 342 valence electrons. The summed E-state index contributed by atoms with van der Waals surface area (Å²) in [5.41, 5.74) is 13.9. The highest BCUT2D eigenvalue weighted by Gasteiger charge is 2.34. The lowest BCUT2D eigenvalue weighted by Gasteiger charge is -2.26. The summed E-state index contributed by atoms with van der Waals surface area (Å²) in [5.74, 6) is 0. The molecule has 0 atom stereocenters. The van der Waals surface area contributed by atoms with Crippen molar-refractivity contribution in [3.63, 3.8) is 0 Å². The van der Waals surface area contributed by atoms with E-state index in [1.807, 2.05) is 36.4 Å². The van der Waals surface area contributed by atoms with Gasteiger partial charge in [-0.15, -0.1) is 22.7 Å². The largest absolute Gasteiger partial charge is 0.318 e. The second-order valence-electron chi connectivity index (χ2n) is 18.8. The Bertz CT molecular complexity index is 4890. The zero-order valence-electron chi connectivity index (χ0n) is 39.5. The predicted octanol–water partition coefficient (Wildman–Crippen LogP) is 19.7. The fourth-order valence-electron chi connectivity index (χ4n) is 12.0. The number of para-hydroxylation sites is 1. The van der Waals surface area contributed by atoms with Gasteiger partial charge in [0.15, 0.2) is 0 Å². The van der Waals surface area contributed by atoms with Crippen LogP contribution in [0.5, 0.6) is 0 Å². The van der Waals surface area contributed by atoms with E-state index in [-0.39, 0.29) is 0 Å². The van der Waals surface area contributed by atoms with Crippen LogP contribution in [0.2, 0.25) is 0 Å². The van der Waals surface area contributed by atoms with E-state index in [1.54, 1.807) is 22.7 Å². The molecule has 0 saturated heterocycles. The third kappa shape index (κ3) is 5.99. The van der Waals surface area contributed by atoms with Crippen LogP contribution >= 0.6 is 22.7 Å². The van der Waals surface area contributed by atoms with Crippen LogP contribution in [-0.2, 0) is 0 Å². The maximum Gasteiger partial charge on any atom is 0.220 e. The minimum atomic E-state index is 0.410. The molecular formula is C68H38N4S2. The van der Waals surface area contributed by atoms with E-state index in [0.717, 1.165) is 114 Å². The van der Waals surface area contributed by atoms with Gasteiger partial charge in [0.25, 0.3) is 0 Å². The van der Waals surface area contributed by atoms with E-state index in [1.165, 1.54) is 20.2 Å². The summed E-state index contributed by atoms with van der Waals surface area (Å²) in [6.45, 7) is 9.47. The number of hydrogen-bond donors (Lipinski definition) is 0. The van der Waals surface area contributed by atoms with Gasteiger partial charge in [-0.3, -0.25) is 0 Å². The van der Waals surface area contributed by atoms with Crippen LogP contribution in [0.4, 0.5) is 5.69 Å². The standard InChI is InChI=1S/C68H38N4S2/c1-70-62-58(43-25-10-4-11-26-43)53(40-69)63(59(44-27-12-5-13-28-44)65(62)71-54-33-17-14-31-49(54)60-45(32-20-34-55(60)71)41-21-6-2-7-22-41)72-64-50(38-37-48-46-29-15-18-35-56(46)73-67(48)64)61-51(42-23-8-3-9-24-42)39-52-47-30-16-19-36-57(47)74-68(52)66(61)72/h2-39H. The summed E-state index contributed by atoms with van der Waals surface area (Å²) < 4.78 is 9.46. The third-order valence-electron chi connectivity index (χ3n) is 15.0. The Morgan fingerprint density at radius 3 is 1.54 bits per heavy atom. The Morgan fingerprint density at radius 1 is 0.392 bits per heavy atom. The summed E-state index contributed by atoms with van der Waals surface area (Å²) in [6.07, 6.45) is 0. The molecule has 0 fully saturated rings. The predicted molar refractivity (Wildman–Crippen MR) is 314 cm³/mol. The average molecular weight is 975 g/mol. The van der Waals surface area contributed by atoms with Crippen LogP contribution < -0.4 is 0 Å². The zero-order valence-corrected chi connectivity index (χ0v) is 41.2. The van der Waals surface area contributed by atoms with Crippen molar-refractivity contribution in [2.75, 3.05) is 0 Å². The van der Waals surface area contributed by atoms with Gasteiger partial charge >= 0.3 is 0 Å². The monoisotopic (exact) mass is 974 g/mol. The molecule has 0 aliphatic rings. The number of hydrogen-bond acceptors (Lipinski definition) is 3. The van der Waals surface area contributed by atoms with Crippen LogP contribution in [-0.4, -0.2) is 9.13 Å². The molecule has 11 aromatic carbocycles. The molecule has 15 aromatic rings. The lowest BCUT2D eigenvalue weighted by atomic mass is 9.88. The second kappa shape index (κ2) is 16.5. The highest BCUT2D eigenvalue weighted by Crippen LogP contribution is 2.56. The van der Waals surface area contributed by atoms with E-state index in [2.05, 4.69) is 214 Å². The molecule has 0 amide bonds. The third-order valence-corrected chi connectivity index (χ3v) is 17.4. The Kier molecular flexibility index (Phi) is 9.40. The Balaban J connectivity index is 1.26. The Morgan fingerprint density at radius 2 is 0.905 bits per heavy atom. The van der Waals surface area contributed by atoms with Crippen molar-refractivity contribution in [3.8, 4) is 62.0 Å². The van der Waals surface area contributed by atoms with Gasteiger partial charge in [-0.05, 0) is 63.7 Å².